The maximum Gasteiger partial charge on any atom is 0.269 e. The van der Waals surface area contributed by atoms with Crippen LogP contribution in [0.4, 0.5) is 5.69 Å². The van der Waals surface area contributed by atoms with Crippen LogP contribution in [0.5, 0.6) is 23.0 Å². The van der Waals surface area contributed by atoms with Crippen molar-refractivity contribution in [3.05, 3.63) is 124 Å². The molecule has 0 saturated carbocycles. The van der Waals surface area contributed by atoms with Gasteiger partial charge in [-0.15, -0.1) is 10.2 Å². The Hall–Kier alpha value is -4.83. The molecular weight excluding hydrogens is 528 g/mol. The molecule has 0 atom stereocenters. The van der Waals surface area contributed by atoms with Gasteiger partial charge in [0.25, 0.3) is 5.69 Å². The quantitative estimate of drug-likeness (QED) is 0.0991. The first kappa shape index (κ1) is 26.8. The zero-order valence-electron chi connectivity index (χ0n) is 21.9. The van der Waals surface area contributed by atoms with Crippen LogP contribution in [0.25, 0.3) is 5.69 Å². The summed E-state index contributed by atoms with van der Waals surface area (Å²) in [6, 6.07) is 29.7. The van der Waals surface area contributed by atoms with Gasteiger partial charge in [0.2, 0.25) is 0 Å². The van der Waals surface area contributed by atoms with E-state index in [9.17, 15) is 10.1 Å². The van der Waals surface area contributed by atoms with Crippen molar-refractivity contribution in [1.29, 1.82) is 0 Å². The molecule has 0 bridgehead atoms. The monoisotopic (exact) mass is 554 g/mol. The van der Waals surface area contributed by atoms with Crippen LogP contribution in [0, 0.1) is 10.1 Å². The number of nitrogens with zero attached hydrogens (tertiary/aromatic N) is 4. The second-order valence-corrected chi connectivity index (χ2v) is 9.66. The molecule has 1 heterocycles. The fraction of sp³-hybridized carbons (Fsp3) is 0.133. The van der Waals surface area contributed by atoms with E-state index in [1.807, 2.05) is 77.4 Å². The number of rotatable bonds is 11. The Labute approximate surface area is 235 Å². The number of benzene rings is 4. The van der Waals surface area contributed by atoms with Gasteiger partial charge in [-0.25, -0.2) is 0 Å². The predicted octanol–water partition coefficient (Wildman–Crippen LogP) is 6.87. The molecule has 1 aromatic heterocycles. The molecule has 0 radical (unpaired) electrons. The number of nitro groups is 1. The van der Waals surface area contributed by atoms with Crippen LogP contribution in [0.2, 0.25) is 0 Å². The fourth-order valence-corrected chi connectivity index (χ4v) is 5.02. The summed E-state index contributed by atoms with van der Waals surface area (Å²) in [5.74, 6) is 4.08. The van der Waals surface area contributed by atoms with Gasteiger partial charge < -0.3 is 14.2 Å². The minimum atomic E-state index is -0.404. The van der Waals surface area contributed by atoms with Gasteiger partial charge in [0.05, 0.1) is 19.1 Å². The number of methoxy groups -OCH3 is 2. The first-order valence-electron chi connectivity index (χ1n) is 12.4. The van der Waals surface area contributed by atoms with Crippen LogP contribution in [0.15, 0.2) is 102 Å². The van der Waals surface area contributed by atoms with E-state index in [0.717, 1.165) is 28.4 Å². The Kier molecular flexibility index (Phi) is 8.26. The van der Waals surface area contributed by atoms with E-state index in [0.29, 0.717) is 34.6 Å². The standard InChI is InChI=1S/C30H26N4O5S/c1-37-27-17-10-22(18-28(27)38-2)19-29-31-32-30(40-20-21-8-11-24(12-9-21)34(35)36)33(29)23-13-15-26(16-14-23)39-25-6-4-3-5-7-25/h3-18H,19-20H2,1-2H3. The van der Waals surface area contributed by atoms with Crippen molar-refractivity contribution in [2.75, 3.05) is 14.2 Å². The van der Waals surface area contributed by atoms with Gasteiger partial charge in [-0.05, 0) is 59.7 Å². The third-order valence-corrected chi connectivity index (χ3v) is 7.10. The van der Waals surface area contributed by atoms with Gasteiger partial charge in [0.1, 0.15) is 17.3 Å². The van der Waals surface area contributed by atoms with Crippen LogP contribution in [0.3, 0.4) is 0 Å². The topological polar surface area (TPSA) is 102 Å². The van der Waals surface area contributed by atoms with E-state index in [2.05, 4.69) is 10.2 Å². The molecule has 0 aliphatic carbocycles. The second-order valence-electron chi connectivity index (χ2n) is 8.72. The summed E-state index contributed by atoms with van der Waals surface area (Å²) >= 11 is 1.50. The van der Waals surface area contributed by atoms with Gasteiger partial charge in [-0.2, -0.15) is 0 Å². The summed E-state index contributed by atoms with van der Waals surface area (Å²) in [6.45, 7) is 0. The normalized spacial score (nSPS) is 10.8. The van der Waals surface area contributed by atoms with E-state index < -0.39 is 4.92 Å². The number of para-hydroxylation sites is 1. The highest BCUT2D eigenvalue weighted by Crippen LogP contribution is 2.31. The predicted molar refractivity (Wildman–Crippen MR) is 153 cm³/mol. The average molecular weight is 555 g/mol. The molecule has 0 fully saturated rings. The lowest BCUT2D eigenvalue weighted by molar-refractivity contribution is -0.384. The Morgan fingerprint density at radius 2 is 1.48 bits per heavy atom. The summed E-state index contributed by atoms with van der Waals surface area (Å²) in [5, 5.41) is 20.7. The average Bonchev–Trinajstić information content (AvgIpc) is 3.39. The van der Waals surface area contributed by atoms with Gasteiger partial charge in [0, 0.05) is 30.0 Å². The number of aromatic nitrogens is 3. The van der Waals surface area contributed by atoms with E-state index in [4.69, 9.17) is 14.2 Å². The highest BCUT2D eigenvalue weighted by atomic mass is 32.2. The fourth-order valence-electron chi connectivity index (χ4n) is 4.09. The molecule has 0 unspecified atom stereocenters. The number of hydrogen-bond donors (Lipinski definition) is 0. The van der Waals surface area contributed by atoms with Gasteiger partial charge in [-0.3, -0.25) is 14.7 Å². The smallest absolute Gasteiger partial charge is 0.269 e. The molecule has 202 valence electrons. The maximum atomic E-state index is 11.0. The molecule has 5 aromatic rings. The molecule has 0 N–H and O–H groups in total. The number of ether oxygens (including phenoxy) is 3. The molecular formula is C30H26N4O5S. The van der Waals surface area contributed by atoms with Crippen molar-refractivity contribution in [2.24, 2.45) is 0 Å². The van der Waals surface area contributed by atoms with Crippen LogP contribution in [-0.4, -0.2) is 33.9 Å². The number of nitro benzene ring substituents is 1. The van der Waals surface area contributed by atoms with E-state index in [1.165, 1.54) is 23.9 Å². The van der Waals surface area contributed by atoms with Gasteiger partial charge >= 0.3 is 0 Å². The lowest BCUT2D eigenvalue weighted by Gasteiger charge is -2.13. The Bertz CT molecular complexity index is 1590. The van der Waals surface area contributed by atoms with Gasteiger partial charge in [0.15, 0.2) is 16.7 Å². The van der Waals surface area contributed by atoms with E-state index in [1.54, 1.807) is 26.4 Å². The zero-order chi connectivity index (χ0) is 27.9. The molecule has 9 nitrogen and oxygen atoms in total. The number of thioether (sulfide) groups is 1. The molecule has 0 aliphatic rings. The summed E-state index contributed by atoms with van der Waals surface area (Å²) in [7, 11) is 3.21. The largest absolute Gasteiger partial charge is 0.493 e. The van der Waals surface area contributed by atoms with E-state index in [-0.39, 0.29) is 5.69 Å². The summed E-state index contributed by atoms with van der Waals surface area (Å²) in [4.78, 5) is 10.6. The highest BCUT2D eigenvalue weighted by Gasteiger charge is 2.17. The molecule has 0 spiro atoms. The Morgan fingerprint density at radius 3 is 2.15 bits per heavy atom. The highest BCUT2D eigenvalue weighted by molar-refractivity contribution is 7.98. The second kappa shape index (κ2) is 12.4. The van der Waals surface area contributed by atoms with Crippen LogP contribution >= 0.6 is 11.8 Å². The first-order chi connectivity index (χ1) is 19.5. The Balaban J connectivity index is 1.44. The number of hydrogen-bond acceptors (Lipinski definition) is 8. The van der Waals surface area contributed by atoms with Crippen LogP contribution in [0.1, 0.15) is 17.0 Å². The van der Waals surface area contributed by atoms with Crippen molar-refractivity contribution >= 4 is 17.4 Å². The molecule has 10 heteroatoms. The van der Waals surface area contributed by atoms with Crippen molar-refractivity contribution in [1.82, 2.24) is 14.8 Å². The summed E-state index contributed by atoms with van der Waals surface area (Å²) in [5.41, 5.74) is 2.87. The van der Waals surface area contributed by atoms with Crippen molar-refractivity contribution in [3.8, 4) is 28.7 Å². The Morgan fingerprint density at radius 1 is 0.800 bits per heavy atom. The molecule has 5 rings (SSSR count). The third-order valence-electron chi connectivity index (χ3n) is 6.10. The minimum Gasteiger partial charge on any atom is -0.493 e. The SMILES string of the molecule is COc1ccc(Cc2nnc(SCc3ccc([N+](=O)[O-])cc3)n2-c2ccc(Oc3ccccc3)cc2)cc1OC. The van der Waals surface area contributed by atoms with Gasteiger partial charge in [-0.1, -0.05) is 48.2 Å². The lowest BCUT2D eigenvalue weighted by atomic mass is 10.1. The van der Waals surface area contributed by atoms with Crippen LogP contribution < -0.4 is 14.2 Å². The van der Waals surface area contributed by atoms with Crippen molar-refractivity contribution < 1.29 is 19.1 Å². The lowest BCUT2D eigenvalue weighted by Crippen LogP contribution is -2.04. The summed E-state index contributed by atoms with van der Waals surface area (Å²) in [6.07, 6.45) is 0.508. The van der Waals surface area contributed by atoms with Crippen molar-refractivity contribution in [2.45, 2.75) is 17.3 Å². The zero-order valence-corrected chi connectivity index (χ0v) is 22.7. The maximum absolute atomic E-state index is 11.0. The molecule has 0 amide bonds. The van der Waals surface area contributed by atoms with Crippen LogP contribution in [-0.2, 0) is 12.2 Å². The van der Waals surface area contributed by atoms with Crippen molar-refractivity contribution in [3.63, 3.8) is 0 Å². The first-order valence-corrected chi connectivity index (χ1v) is 13.4. The molecule has 40 heavy (non-hydrogen) atoms. The van der Waals surface area contributed by atoms with E-state index >= 15 is 0 Å². The molecule has 0 saturated heterocycles. The molecule has 0 aliphatic heterocycles. The third kappa shape index (κ3) is 6.24. The molecule has 4 aromatic carbocycles. The minimum absolute atomic E-state index is 0.0620. The summed E-state index contributed by atoms with van der Waals surface area (Å²) < 4.78 is 18.8. The number of non-ortho nitro benzene ring substituents is 1.